The van der Waals surface area contributed by atoms with Crippen molar-refractivity contribution in [2.24, 2.45) is 0 Å². The maximum Gasteiger partial charge on any atom is 0.326 e. The van der Waals surface area contributed by atoms with Crippen molar-refractivity contribution in [3.8, 4) is 34.6 Å². The highest BCUT2D eigenvalue weighted by molar-refractivity contribution is 7.56. The normalized spacial score (nSPS) is 11.4. The Kier molecular flexibility index (Phi) is 8.90. The molecule has 0 amide bonds. The second kappa shape index (κ2) is 13.3. The molecule has 5 rings (SSSR count). The highest BCUT2D eigenvalue weighted by Crippen LogP contribution is 2.40. The Hall–Kier alpha value is -4.54. The van der Waals surface area contributed by atoms with Gasteiger partial charge in [0.2, 0.25) is 5.88 Å². The number of hydrogen-bond acceptors (Lipinski definition) is 6. The van der Waals surface area contributed by atoms with Gasteiger partial charge in [-0.2, -0.15) is 0 Å². The maximum atomic E-state index is 6.22. The van der Waals surface area contributed by atoms with Crippen molar-refractivity contribution in [3.05, 3.63) is 134 Å². The predicted octanol–water partition coefficient (Wildman–Crippen LogP) is 7.82. The van der Waals surface area contributed by atoms with Crippen molar-refractivity contribution in [1.82, 2.24) is 4.98 Å². The number of ether oxygens (including phenoxy) is 3. The quantitative estimate of drug-likeness (QED) is 0.151. The van der Waals surface area contributed by atoms with Gasteiger partial charge in [0, 0.05) is 12.3 Å². The largest absolute Gasteiger partial charge is 0.490 e. The molecule has 0 spiro atoms. The van der Waals surface area contributed by atoms with Gasteiger partial charge >= 0.3 is 8.38 Å². The van der Waals surface area contributed by atoms with Crippen molar-refractivity contribution >= 4 is 13.7 Å². The maximum absolute atomic E-state index is 6.22. The summed E-state index contributed by atoms with van der Waals surface area (Å²) in [6.45, 7) is 2.34. The smallest absolute Gasteiger partial charge is 0.326 e. The first kappa shape index (κ1) is 26.1. The summed E-state index contributed by atoms with van der Waals surface area (Å²) in [6.07, 6.45) is 1.56. The minimum Gasteiger partial charge on any atom is -0.490 e. The number of rotatable bonds is 12. The molecule has 0 saturated heterocycles. The van der Waals surface area contributed by atoms with Crippen LogP contribution in [0.2, 0.25) is 0 Å². The molecule has 0 saturated carbocycles. The molecule has 39 heavy (non-hydrogen) atoms. The van der Waals surface area contributed by atoms with Crippen molar-refractivity contribution in [1.29, 1.82) is 0 Å². The fourth-order valence-electron chi connectivity index (χ4n) is 3.52. The highest BCUT2D eigenvalue weighted by Gasteiger charge is 2.18. The lowest BCUT2D eigenvalue weighted by atomic mass is 10.3. The Labute approximate surface area is 229 Å². The molecule has 5 aromatic rings. The average Bonchev–Trinajstić information content (AvgIpc) is 2.98. The van der Waals surface area contributed by atoms with Crippen LogP contribution >= 0.6 is 8.38 Å². The van der Waals surface area contributed by atoms with Crippen molar-refractivity contribution in [2.45, 2.75) is 13.0 Å². The Morgan fingerprint density at radius 1 is 0.590 bits per heavy atom. The summed E-state index contributed by atoms with van der Waals surface area (Å²) in [4.78, 5) is 4.17. The number of pyridine rings is 1. The third-order valence-corrected chi connectivity index (χ3v) is 6.89. The van der Waals surface area contributed by atoms with E-state index in [2.05, 4.69) is 4.98 Å². The first-order valence-corrected chi connectivity index (χ1v) is 13.7. The second-order valence-corrected chi connectivity index (χ2v) is 9.94. The minimum atomic E-state index is -1.40. The molecule has 0 aliphatic heterocycles. The number of benzene rings is 4. The predicted molar refractivity (Wildman–Crippen MR) is 153 cm³/mol. The van der Waals surface area contributed by atoms with Crippen LogP contribution in [0.15, 0.2) is 134 Å². The molecule has 1 unspecified atom stereocenters. The Morgan fingerprint density at radius 2 is 1.13 bits per heavy atom. The van der Waals surface area contributed by atoms with E-state index < -0.39 is 8.38 Å². The zero-order chi connectivity index (χ0) is 26.7. The summed E-state index contributed by atoms with van der Waals surface area (Å²) < 4.78 is 30.1. The van der Waals surface area contributed by atoms with Crippen LogP contribution in [0.1, 0.15) is 6.92 Å². The van der Waals surface area contributed by atoms with Crippen molar-refractivity contribution in [3.63, 3.8) is 0 Å². The molecule has 1 heterocycles. The molecule has 0 N–H and O–H groups in total. The van der Waals surface area contributed by atoms with Gasteiger partial charge in [-0.05, 0) is 85.8 Å². The Balaban J connectivity index is 1.18. The molecule has 7 heteroatoms. The average molecular weight is 538 g/mol. The number of hydrogen-bond donors (Lipinski definition) is 0. The van der Waals surface area contributed by atoms with Gasteiger partial charge in [-0.3, -0.25) is 0 Å². The van der Waals surface area contributed by atoms with E-state index in [9.17, 15) is 0 Å². The molecular weight excluding hydrogens is 509 g/mol. The van der Waals surface area contributed by atoms with E-state index in [0.717, 1.165) is 22.6 Å². The first-order valence-electron chi connectivity index (χ1n) is 12.6. The van der Waals surface area contributed by atoms with Crippen LogP contribution in [0.5, 0.6) is 34.6 Å². The SMILES string of the molecule is CC(COc1ccc(Oc2ccc(P(Oc3ccccc3)Oc3ccccc3)cc2)cc1)Oc1ccccn1. The van der Waals surface area contributed by atoms with Gasteiger partial charge in [0.1, 0.15) is 41.5 Å². The summed E-state index contributed by atoms with van der Waals surface area (Å²) >= 11 is 0. The highest BCUT2D eigenvalue weighted by atomic mass is 31.2. The van der Waals surface area contributed by atoms with Crippen molar-refractivity contribution < 1.29 is 23.3 Å². The van der Waals surface area contributed by atoms with Gasteiger partial charge in [0.05, 0.1) is 5.30 Å². The lowest BCUT2D eigenvalue weighted by molar-refractivity contribution is 0.138. The van der Waals surface area contributed by atoms with E-state index >= 15 is 0 Å². The van der Waals surface area contributed by atoms with E-state index in [4.69, 9.17) is 23.3 Å². The third kappa shape index (κ3) is 7.97. The summed E-state index contributed by atoms with van der Waals surface area (Å²) in [6, 6.07) is 40.2. The Bertz CT molecular complexity index is 1360. The second-order valence-electron chi connectivity index (χ2n) is 8.54. The minimum absolute atomic E-state index is 0.142. The van der Waals surface area contributed by atoms with Gasteiger partial charge in [0.25, 0.3) is 0 Å². The summed E-state index contributed by atoms with van der Waals surface area (Å²) in [5.41, 5.74) is 0. The molecule has 0 fully saturated rings. The summed E-state index contributed by atoms with van der Waals surface area (Å²) in [5.74, 6) is 4.22. The monoisotopic (exact) mass is 537 g/mol. The zero-order valence-electron chi connectivity index (χ0n) is 21.4. The van der Waals surface area contributed by atoms with Gasteiger partial charge < -0.3 is 23.3 Å². The van der Waals surface area contributed by atoms with Crippen molar-refractivity contribution in [2.75, 3.05) is 6.61 Å². The molecule has 6 nitrogen and oxygen atoms in total. The van der Waals surface area contributed by atoms with E-state index in [1.54, 1.807) is 6.20 Å². The fourth-order valence-corrected chi connectivity index (χ4v) is 4.79. The third-order valence-electron chi connectivity index (χ3n) is 5.41. The number of nitrogens with zero attached hydrogens (tertiary/aromatic N) is 1. The molecule has 4 aromatic carbocycles. The first-order chi connectivity index (χ1) is 19.2. The Morgan fingerprint density at radius 3 is 1.69 bits per heavy atom. The van der Waals surface area contributed by atoms with Crippen LogP contribution in [0.4, 0.5) is 0 Å². The van der Waals surface area contributed by atoms with Crippen LogP contribution in [0.3, 0.4) is 0 Å². The van der Waals surface area contributed by atoms with Crippen LogP contribution in [-0.4, -0.2) is 17.7 Å². The molecule has 196 valence electrons. The van der Waals surface area contributed by atoms with Gasteiger partial charge in [0.15, 0.2) is 0 Å². The van der Waals surface area contributed by atoms with E-state index in [-0.39, 0.29) is 6.10 Å². The fraction of sp³-hybridized carbons (Fsp3) is 0.0938. The van der Waals surface area contributed by atoms with Gasteiger partial charge in [-0.15, -0.1) is 0 Å². The van der Waals surface area contributed by atoms with Crippen LogP contribution in [0.25, 0.3) is 0 Å². The standard InChI is InChI=1S/C32H28NO5P/c1-25(35-32-14-8-9-23-33-32)24-34-26-15-17-27(18-16-26)36-28-19-21-31(22-20-28)39(37-29-10-4-2-5-11-29)38-30-12-6-3-7-13-30/h2-23,25H,24H2,1H3. The molecule has 0 radical (unpaired) electrons. The summed E-state index contributed by atoms with van der Waals surface area (Å²) in [5, 5.41) is 0.927. The topological polar surface area (TPSA) is 59.0 Å². The van der Waals surface area contributed by atoms with Gasteiger partial charge in [-0.25, -0.2) is 4.98 Å². The molecule has 1 atom stereocenters. The van der Waals surface area contributed by atoms with Crippen LogP contribution < -0.4 is 28.6 Å². The molecule has 0 aliphatic rings. The number of para-hydroxylation sites is 2. The van der Waals surface area contributed by atoms with E-state index in [0.29, 0.717) is 24.0 Å². The zero-order valence-corrected chi connectivity index (χ0v) is 22.3. The molecular formula is C32H28NO5P. The molecule has 0 bridgehead atoms. The van der Waals surface area contributed by atoms with Crippen LogP contribution in [-0.2, 0) is 0 Å². The van der Waals surface area contributed by atoms with Gasteiger partial charge in [-0.1, -0.05) is 42.5 Å². The lowest BCUT2D eigenvalue weighted by Crippen LogP contribution is -2.21. The number of aromatic nitrogens is 1. The van der Waals surface area contributed by atoms with E-state index in [1.165, 1.54) is 0 Å². The molecule has 0 aliphatic carbocycles. The summed E-state index contributed by atoms with van der Waals surface area (Å²) in [7, 11) is -1.40. The van der Waals surface area contributed by atoms with E-state index in [1.807, 2.05) is 134 Å². The van der Waals surface area contributed by atoms with Crippen LogP contribution in [0, 0.1) is 0 Å². The molecule has 1 aromatic heterocycles. The lowest BCUT2D eigenvalue weighted by Gasteiger charge is -2.19.